The van der Waals surface area contributed by atoms with E-state index in [1.807, 2.05) is 26.0 Å². The predicted molar refractivity (Wildman–Crippen MR) is 40.9 cm³/mol. The summed E-state index contributed by atoms with van der Waals surface area (Å²) in [7, 11) is 0. The van der Waals surface area contributed by atoms with Gasteiger partial charge in [0.1, 0.15) is 0 Å². The molecule has 0 amide bonds. The third-order valence-electron chi connectivity index (χ3n) is 1.40. The Bertz CT molecular complexity index is 200. The van der Waals surface area contributed by atoms with Crippen LogP contribution in [0.25, 0.3) is 0 Å². The van der Waals surface area contributed by atoms with Gasteiger partial charge in [-0.05, 0) is 12.1 Å². The molecule has 2 N–H and O–H groups in total. The smallest absolute Gasteiger partial charge is 0.184 e. The van der Waals surface area contributed by atoms with Gasteiger partial charge in [0.2, 0.25) is 0 Å². The number of rotatable bonds is 1. The van der Waals surface area contributed by atoms with Crippen molar-refractivity contribution in [1.29, 1.82) is 0 Å². The first-order chi connectivity index (χ1) is 4.61. The van der Waals surface area contributed by atoms with Crippen molar-refractivity contribution in [3.63, 3.8) is 0 Å². The van der Waals surface area contributed by atoms with Crippen LogP contribution >= 0.6 is 0 Å². The zero-order valence-corrected chi connectivity index (χ0v) is 6.26. The molecule has 0 fully saturated rings. The summed E-state index contributed by atoms with van der Waals surface area (Å²) in [5.74, 6) is 0. The van der Waals surface area contributed by atoms with Crippen LogP contribution in [-0.4, -0.2) is 10.1 Å². The SMILES string of the molecule is CC(C)([OH2+])c1ccncc1. The third kappa shape index (κ3) is 1.54. The molecule has 1 rings (SSSR count). The van der Waals surface area contributed by atoms with E-state index >= 15 is 0 Å². The van der Waals surface area contributed by atoms with Crippen molar-refractivity contribution in [3.8, 4) is 0 Å². The molecule has 2 nitrogen and oxygen atoms in total. The fraction of sp³-hybridized carbons (Fsp3) is 0.375. The fourth-order valence-corrected chi connectivity index (χ4v) is 0.769. The van der Waals surface area contributed by atoms with Crippen LogP contribution in [0.15, 0.2) is 24.5 Å². The number of hydrogen-bond donors (Lipinski definition) is 0. The van der Waals surface area contributed by atoms with E-state index in [4.69, 9.17) is 5.11 Å². The Labute approximate surface area is 60.5 Å². The maximum atomic E-state index is 7.65. The van der Waals surface area contributed by atoms with E-state index in [-0.39, 0.29) is 0 Å². The van der Waals surface area contributed by atoms with Crippen molar-refractivity contribution in [2.75, 3.05) is 0 Å². The monoisotopic (exact) mass is 138 g/mol. The van der Waals surface area contributed by atoms with Gasteiger partial charge in [-0.1, -0.05) is 0 Å². The Morgan fingerprint density at radius 2 is 1.80 bits per heavy atom. The first-order valence-corrected chi connectivity index (χ1v) is 3.26. The lowest BCUT2D eigenvalue weighted by Crippen LogP contribution is -2.14. The second-order valence-corrected chi connectivity index (χ2v) is 2.86. The van der Waals surface area contributed by atoms with Crippen molar-refractivity contribution in [2.45, 2.75) is 19.4 Å². The van der Waals surface area contributed by atoms with Crippen LogP contribution in [0, 0.1) is 0 Å². The maximum Gasteiger partial charge on any atom is 0.184 e. The van der Waals surface area contributed by atoms with Gasteiger partial charge in [0.15, 0.2) is 5.60 Å². The van der Waals surface area contributed by atoms with Crippen LogP contribution in [0.3, 0.4) is 0 Å². The average molecular weight is 138 g/mol. The van der Waals surface area contributed by atoms with Gasteiger partial charge >= 0.3 is 0 Å². The molecule has 1 aromatic rings. The lowest BCUT2D eigenvalue weighted by molar-refractivity contribution is 0.0785. The van der Waals surface area contributed by atoms with E-state index in [2.05, 4.69) is 4.98 Å². The summed E-state index contributed by atoms with van der Waals surface area (Å²) in [6, 6.07) is 3.74. The lowest BCUT2D eigenvalue weighted by Gasteiger charge is -2.11. The molecule has 1 aromatic heterocycles. The van der Waals surface area contributed by atoms with Gasteiger partial charge in [-0.15, -0.1) is 0 Å². The maximum absolute atomic E-state index is 7.65. The molecule has 0 spiro atoms. The number of nitrogens with zero attached hydrogens (tertiary/aromatic N) is 1. The van der Waals surface area contributed by atoms with Crippen molar-refractivity contribution in [2.24, 2.45) is 0 Å². The molecule has 0 aliphatic rings. The van der Waals surface area contributed by atoms with Crippen molar-refractivity contribution < 1.29 is 5.11 Å². The minimum Gasteiger partial charge on any atom is -0.438 e. The Balaban J connectivity index is 2.97. The molecule has 0 saturated carbocycles. The topological polar surface area (TPSA) is 35.8 Å². The molecular formula is C8H12NO+. The van der Waals surface area contributed by atoms with Gasteiger partial charge in [-0.2, -0.15) is 0 Å². The normalized spacial score (nSPS) is 11.5. The highest BCUT2D eigenvalue weighted by molar-refractivity contribution is 5.16. The van der Waals surface area contributed by atoms with E-state index in [9.17, 15) is 0 Å². The Kier molecular flexibility index (Phi) is 1.72. The third-order valence-corrected chi connectivity index (χ3v) is 1.40. The Morgan fingerprint density at radius 1 is 1.30 bits per heavy atom. The molecule has 0 aromatic carbocycles. The minimum atomic E-state index is -0.497. The predicted octanol–water partition coefficient (Wildman–Crippen LogP) is 1.04. The molecule has 0 saturated heterocycles. The number of hydrogen-bond acceptors (Lipinski definition) is 1. The van der Waals surface area contributed by atoms with Gasteiger partial charge in [0, 0.05) is 31.8 Å². The molecule has 0 radical (unpaired) electrons. The van der Waals surface area contributed by atoms with E-state index in [0.29, 0.717) is 0 Å². The molecule has 54 valence electrons. The lowest BCUT2D eigenvalue weighted by atomic mass is 10.0. The van der Waals surface area contributed by atoms with Crippen LogP contribution in [0.2, 0.25) is 0 Å². The zero-order chi connectivity index (χ0) is 7.61. The quantitative estimate of drug-likeness (QED) is 0.534. The summed E-state index contributed by atoms with van der Waals surface area (Å²) in [6.45, 7) is 3.73. The molecule has 0 aliphatic heterocycles. The van der Waals surface area contributed by atoms with Gasteiger partial charge in [0.05, 0.1) is 0 Å². The second kappa shape index (κ2) is 2.39. The van der Waals surface area contributed by atoms with Gasteiger partial charge in [-0.3, -0.25) is 4.98 Å². The van der Waals surface area contributed by atoms with Crippen LogP contribution in [0.4, 0.5) is 0 Å². The molecule has 0 aliphatic carbocycles. The second-order valence-electron chi connectivity index (χ2n) is 2.86. The summed E-state index contributed by atoms with van der Waals surface area (Å²) in [6.07, 6.45) is 3.43. The molecule has 1 heterocycles. The average Bonchev–Trinajstić information content (AvgIpc) is 1.88. The van der Waals surface area contributed by atoms with E-state index < -0.39 is 5.60 Å². The Hall–Kier alpha value is -0.890. The van der Waals surface area contributed by atoms with Gasteiger partial charge < -0.3 is 5.11 Å². The molecule has 0 unspecified atom stereocenters. The summed E-state index contributed by atoms with van der Waals surface area (Å²) in [5.41, 5.74) is 0.505. The summed E-state index contributed by atoms with van der Waals surface area (Å²) in [4.78, 5) is 3.88. The molecule has 2 heteroatoms. The fourth-order valence-electron chi connectivity index (χ4n) is 0.769. The number of aromatic nitrogens is 1. The summed E-state index contributed by atoms with van der Waals surface area (Å²) in [5, 5.41) is 7.65. The summed E-state index contributed by atoms with van der Waals surface area (Å²) < 4.78 is 0. The van der Waals surface area contributed by atoms with Crippen LogP contribution in [0.5, 0.6) is 0 Å². The van der Waals surface area contributed by atoms with Crippen molar-refractivity contribution in [3.05, 3.63) is 30.1 Å². The van der Waals surface area contributed by atoms with E-state index in [0.717, 1.165) is 5.56 Å². The molecule has 0 bridgehead atoms. The first kappa shape index (κ1) is 7.22. The van der Waals surface area contributed by atoms with E-state index in [1.54, 1.807) is 12.4 Å². The number of pyridine rings is 1. The largest absolute Gasteiger partial charge is 0.438 e. The first-order valence-electron chi connectivity index (χ1n) is 3.26. The van der Waals surface area contributed by atoms with Crippen LogP contribution in [0.1, 0.15) is 19.4 Å². The molecular weight excluding hydrogens is 126 g/mol. The van der Waals surface area contributed by atoms with Gasteiger partial charge in [0.25, 0.3) is 0 Å². The van der Waals surface area contributed by atoms with Crippen LogP contribution in [-0.2, 0) is 5.60 Å². The van der Waals surface area contributed by atoms with Crippen LogP contribution < -0.4 is 0 Å². The highest BCUT2D eigenvalue weighted by atomic mass is 16.3. The minimum absolute atomic E-state index is 0.497. The van der Waals surface area contributed by atoms with Crippen molar-refractivity contribution in [1.82, 2.24) is 4.98 Å². The Morgan fingerprint density at radius 3 is 2.10 bits per heavy atom. The highest BCUT2D eigenvalue weighted by Gasteiger charge is 2.19. The van der Waals surface area contributed by atoms with Gasteiger partial charge in [-0.25, -0.2) is 0 Å². The molecule has 0 atom stereocenters. The van der Waals surface area contributed by atoms with E-state index in [1.165, 1.54) is 0 Å². The summed E-state index contributed by atoms with van der Waals surface area (Å²) >= 11 is 0. The highest BCUT2D eigenvalue weighted by Crippen LogP contribution is 2.17. The standard InChI is InChI=1S/C8H11NO/c1-8(2,10)7-3-5-9-6-4-7/h3-6,10H,1-2H3/p+1. The van der Waals surface area contributed by atoms with Crippen molar-refractivity contribution >= 4 is 0 Å². The zero-order valence-electron chi connectivity index (χ0n) is 6.26. The molecule has 10 heavy (non-hydrogen) atoms.